The van der Waals surface area contributed by atoms with Gasteiger partial charge >= 0.3 is 11.8 Å². The lowest BCUT2D eigenvalue weighted by molar-refractivity contribution is 0.122. The number of nitriles is 1. The second-order valence-corrected chi connectivity index (χ2v) is 7.41. The van der Waals surface area contributed by atoms with Gasteiger partial charge in [0.1, 0.15) is 17.5 Å². The Morgan fingerprint density at radius 3 is 2.73 bits per heavy atom. The highest BCUT2D eigenvalue weighted by Crippen LogP contribution is 2.22. The van der Waals surface area contributed by atoms with E-state index < -0.39 is 23.4 Å². The molecule has 168 valence electrons. The summed E-state index contributed by atoms with van der Waals surface area (Å²) in [6, 6.07) is 9.83. The largest absolute Gasteiger partial charge is 0.444 e. The van der Waals surface area contributed by atoms with E-state index in [0.29, 0.717) is 29.9 Å². The molecule has 0 spiro atoms. The summed E-state index contributed by atoms with van der Waals surface area (Å²) in [5, 5.41) is 15.6. The lowest BCUT2D eigenvalue weighted by Gasteiger charge is -2.19. The van der Waals surface area contributed by atoms with Gasteiger partial charge < -0.3 is 14.6 Å². The van der Waals surface area contributed by atoms with Crippen LogP contribution >= 0.6 is 0 Å². The predicted molar refractivity (Wildman–Crippen MR) is 118 cm³/mol. The lowest BCUT2D eigenvalue weighted by Crippen LogP contribution is -2.33. The Hall–Kier alpha value is -4.66. The number of nitrogens with one attached hydrogen (secondary N) is 3. The van der Waals surface area contributed by atoms with E-state index in [9.17, 15) is 19.2 Å². The number of H-pyrrole nitrogens is 2. The minimum absolute atomic E-state index is 0.111. The topological polar surface area (TPSA) is 166 Å². The van der Waals surface area contributed by atoms with Crippen molar-refractivity contribution in [1.82, 2.24) is 19.7 Å². The lowest BCUT2D eigenvalue weighted by atomic mass is 10.2. The van der Waals surface area contributed by atoms with Gasteiger partial charge in [-0.25, -0.2) is 14.3 Å². The third-order valence-electron chi connectivity index (χ3n) is 5.16. The van der Waals surface area contributed by atoms with Crippen LogP contribution in [0.1, 0.15) is 12.0 Å². The first kappa shape index (κ1) is 21.6. The summed E-state index contributed by atoms with van der Waals surface area (Å²) in [4.78, 5) is 54.6. The van der Waals surface area contributed by atoms with E-state index in [2.05, 4.69) is 20.4 Å². The fourth-order valence-corrected chi connectivity index (χ4v) is 3.52. The molecule has 2 aromatic heterocycles. The third kappa shape index (κ3) is 4.67. The maximum atomic E-state index is 12.7. The highest BCUT2D eigenvalue weighted by molar-refractivity contribution is 5.84. The first-order valence-electron chi connectivity index (χ1n) is 9.97. The van der Waals surface area contributed by atoms with Gasteiger partial charge in [-0.2, -0.15) is 10.4 Å². The first-order chi connectivity index (χ1) is 15.8. The second kappa shape index (κ2) is 8.83. The molecule has 1 saturated heterocycles. The molecule has 0 radical (unpaired) electrons. The zero-order valence-electron chi connectivity index (χ0n) is 17.5. The van der Waals surface area contributed by atoms with Gasteiger partial charge in [0.15, 0.2) is 0 Å². The summed E-state index contributed by atoms with van der Waals surface area (Å²) >= 11 is 0. The quantitative estimate of drug-likeness (QED) is 0.518. The summed E-state index contributed by atoms with van der Waals surface area (Å²) in [5.41, 5.74) is -0.0533. The van der Waals surface area contributed by atoms with E-state index in [4.69, 9.17) is 10.00 Å². The predicted octanol–water partition coefficient (Wildman–Crippen LogP) is 0.523. The molecule has 1 fully saturated rings. The Balaban J connectivity index is 1.48. The molecule has 0 bridgehead atoms. The van der Waals surface area contributed by atoms with Gasteiger partial charge in [0, 0.05) is 31.9 Å². The van der Waals surface area contributed by atoms with E-state index >= 15 is 0 Å². The minimum atomic E-state index is -0.646. The number of benzene rings is 1. The maximum Gasteiger partial charge on any atom is 0.411 e. The number of nitrogens with zero attached hydrogens (tertiary/aromatic N) is 4. The smallest absolute Gasteiger partial charge is 0.411 e. The zero-order chi connectivity index (χ0) is 23.5. The summed E-state index contributed by atoms with van der Waals surface area (Å²) in [6.07, 6.45) is 0.637. The average Bonchev–Trinajstić information content (AvgIpc) is 3.24. The molecule has 1 aromatic carbocycles. The molecule has 3 aromatic rings. The van der Waals surface area contributed by atoms with Crippen molar-refractivity contribution in [1.29, 1.82) is 5.26 Å². The number of hydrogen-bond donors (Lipinski definition) is 3. The van der Waals surface area contributed by atoms with Crippen LogP contribution in [-0.4, -0.2) is 45.0 Å². The molecule has 0 aliphatic carbocycles. The molecule has 1 atom stereocenters. The van der Waals surface area contributed by atoms with Crippen molar-refractivity contribution in [2.24, 2.45) is 7.05 Å². The van der Waals surface area contributed by atoms with E-state index in [0.717, 1.165) is 4.68 Å². The molecule has 1 aliphatic heterocycles. The van der Waals surface area contributed by atoms with Crippen LogP contribution in [0, 0.1) is 11.3 Å². The molecule has 12 nitrogen and oxygen atoms in total. The monoisotopic (exact) mass is 449 g/mol. The molecule has 4 rings (SSSR count). The van der Waals surface area contributed by atoms with Crippen molar-refractivity contribution in [3.63, 3.8) is 0 Å². The number of ether oxygens (including phenoxy) is 1. The van der Waals surface area contributed by atoms with Crippen LogP contribution in [0.25, 0.3) is 11.3 Å². The Labute approximate surface area is 186 Å². The molecule has 3 N–H and O–H groups in total. The zero-order valence-corrected chi connectivity index (χ0v) is 17.5. The summed E-state index contributed by atoms with van der Waals surface area (Å²) < 4.78 is 6.58. The Morgan fingerprint density at radius 1 is 1.27 bits per heavy atom. The Bertz CT molecular complexity index is 1410. The van der Waals surface area contributed by atoms with E-state index in [1.807, 2.05) is 6.07 Å². The number of rotatable bonds is 4. The van der Waals surface area contributed by atoms with Gasteiger partial charge in [0.2, 0.25) is 0 Å². The van der Waals surface area contributed by atoms with Gasteiger partial charge in [-0.3, -0.25) is 19.9 Å². The van der Waals surface area contributed by atoms with E-state index in [1.54, 1.807) is 29.2 Å². The van der Waals surface area contributed by atoms with Crippen LogP contribution in [0.2, 0.25) is 0 Å². The van der Waals surface area contributed by atoms with Crippen molar-refractivity contribution in [3.8, 4) is 17.3 Å². The average molecular weight is 449 g/mol. The Kier molecular flexibility index (Phi) is 5.77. The van der Waals surface area contributed by atoms with Crippen LogP contribution < -0.4 is 27.0 Å². The third-order valence-corrected chi connectivity index (χ3v) is 5.16. The molecule has 1 amide bonds. The van der Waals surface area contributed by atoms with Crippen LogP contribution in [0.3, 0.4) is 0 Å². The summed E-state index contributed by atoms with van der Waals surface area (Å²) in [5.74, 6) is 0. The number of amides is 1. The highest BCUT2D eigenvalue weighted by atomic mass is 16.6. The minimum Gasteiger partial charge on any atom is -0.444 e. The van der Waals surface area contributed by atoms with Crippen molar-refractivity contribution < 1.29 is 9.53 Å². The molecule has 3 heterocycles. The normalized spacial score (nSPS) is 15.2. The number of hydrogen-bond acceptors (Lipinski definition) is 8. The summed E-state index contributed by atoms with van der Waals surface area (Å²) in [7, 11) is 1.46. The standard InChI is InChI=1S/C21H19N7O5/c1-27-19(30)17(8-16(26-27)15-10-23-20(31)25-18(15)29)28-7-6-14(11-28)33-21(32)24-13-4-2-12(9-22)3-5-13/h2-5,8,10,14H,6-7,11H2,1H3,(H,24,32)(H2,23,25,29,31). The van der Waals surface area contributed by atoms with Gasteiger partial charge in [0.25, 0.3) is 11.1 Å². The van der Waals surface area contributed by atoms with Crippen LogP contribution in [0.4, 0.5) is 16.2 Å². The van der Waals surface area contributed by atoms with Crippen LogP contribution in [-0.2, 0) is 11.8 Å². The van der Waals surface area contributed by atoms with E-state index in [-0.39, 0.29) is 23.4 Å². The number of anilines is 2. The number of carbonyl (C=O) groups is 1. The van der Waals surface area contributed by atoms with E-state index in [1.165, 1.54) is 19.3 Å². The van der Waals surface area contributed by atoms with Gasteiger partial charge in [-0.05, 0) is 30.3 Å². The molecule has 1 aliphatic rings. The fourth-order valence-electron chi connectivity index (χ4n) is 3.52. The molecule has 0 saturated carbocycles. The van der Waals surface area contributed by atoms with Crippen molar-refractivity contribution in [2.75, 3.05) is 23.3 Å². The van der Waals surface area contributed by atoms with Gasteiger partial charge in [0.05, 0.1) is 23.7 Å². The number of aromatic amines is 2. The van der Waals surface area contributed by atoms with Crippen LogP contribution in [0.5, 0.6) is 0 Å². The summed E-state index contributed by atoms with van der Waals surface area (Å²) in [6.45, 7) is 0.733. The molecule has 1 unspecified atom stereocenters. The van der Waals surface area contributed by atoms with Gasteiger partial charge in [-0.1, -0.05) is 0 Å². The number of aryl methyl sites for hydroxylation is 1. The highest BCUT2D eigenvalue weighted by Gasteiger charge is 2.28. The Morgan fingerprint density at radius 2 is 2.03 bits per heavy atom. The first-order valence-corrected chi connectivity index (χ1v) is 9.97. The second-order valence-electron chi connectivity index (χ2n) is 7.41. The molecule has 12 heteroatoms. The molecular weight excluding hydrogens is 430 g/mol. The van der Waals surface area contributed by atoms with Gasteiger partial charge in [-0.15, -0.1) is 0 Å². The molecular formula is C21H19N7O5. The van der Waals surface area contributed by atoms with Crippen molar-refractivity contribution in [2.45, 2.75) is 12.5 Å². The molecule has 33 heavy (non-hydrogen) atoms. The van der Waals surface area contributed by atoms with Crippen molar-refractivity contribution >= 4 is 17.5 Å². The fraction of sp³-hybridized carbons (Fsp3) is 0.238. The SMILES string of the molecule is Cn1nc(-c2c[nH]c(=O)[nH]c2=O)cc(N2CCC(OC(=O)Nc3ccc(C#N)cc3)C2)c1=O. The number of carbonyl (C=O) groups excluding carboxylic acids is 1. The van der Waals surface area contributed by atoms with Crippen molar-refractivity contribution in [3.05, 3.63) is 73.3 Å². The number of aromatic nitrogens is 4. The maximum absolute atomic E-state index is 12.7. The van der Waals surface area contributed by atoms with Crippen LogP contribution in [0.15, 0.2) is 50.9 Å².